The first-order valence-corrected chi connectivity index (χ1v) is 7.83. The Morgan fingerprint density at radius 2 is 2.23 bits per heavy atom. The topological polar surface area (TPSA) is 101 Å². The third-order valence-corrected chi connectivity index (χ3v) is 4.27. The highest BCUT2D eigenvalue weighted by atomic mass is 32.1. The van der Waals surface area contributed by atoms with Crippen LogP contribution < -0.4 is 10.9 Å². The summed E-state index contributed by atoms with van der Waals surface area (Å²) in [4.78, 5) is 40.3. The molecule has 8 heteroatoms. The van der Waals surface area contributed by atoms with E-state index in [0.29, 0.717) is 23.5 Å². The number of hydrogen-bond acceptors (Lipinski definition) is 5. The number of aromatic nitrogens is 2. The number of amides is 1. The van der Waals surface area contributed by atoms with Crippen molar-refractivity contribution in [2.45, 2.75) is 39.2 Å². The molecule has 0 radical (unpaired) electrons. The SMILES string of the molecule is CCCC[C@H](NC(=O)c1cnc2scc(C)n2c1=O)C(=O)O. The first-order chi connectivity index (χ1) is 10.5. The standard InChI is InChI=1S/C14H17N3O4S/c1-3-4-5-10(13(20)21)16-11(18)9-6-15-14-17(12(9)19)8(2)7-22-14/h6-7,10H,3-5H2,1-2H3,(H,16,18)(H,20,21)/t10-/m0/s1. The van der Waals surface area contributed by atoms with Gasteiger partial charge in [0.2, 0.25) is 0 Å². The van der Waals surface area contributed by atoms with E-state index in [1.165, 1.54) is 21.9 Å². The number of hydrogen-bond donors (Lipinski definition) is 2. The molecule has 0 unspecified atom stereocenters. The van der Waals surface area contributed by atoms with E-state index in [1.807, 2.05) is 6.92 Å². The second kappa shape index (κ2) is 6.69. The van der Waals surface area contributed by atoms with Crippen LogP contribution in [0, 0.1) is 6.92 Å². The van der Waals surface area contributed by atoms with Crippen LogP contribution in [0.5, 0.6) is 0 Å². The molecule has 2 aromatic heterocycles. The zero-order chi connectivity index (χ0) is 16.3. The van der Waals surface area contributed by atoms with Gasteiger partial charge < -0.3 is 10.4 Å². The minimum absolute atomic E-state index is 0.151. The lowest BCUT2D eigenvalue weighted by Crippen LogP contribution is -2.42. The summed E-state index contributed by atoms with van der Waals surface area (Å²) in [5.41, 5.74) is 0.0514. The molecule has 0 aliphatic carbocycles. The van der Waals surface area contributed by atoms with E-state index in [2.05, 4.69) is 10.3 Å². The van der Waals surface area contributed by atoms with Gasteiger partial charge in [0.05, 0.1) is 0 Å². The van der Waals surface area contributed by atoms with Crippen molar-refractivity contribution in [3.63, 3.8) is 0 Å². The lowest BCUT2D eigenvalue weighted by molar-refractivity contribution is -0.139. The van der Waals surface area contributed by atoms with E-state index < -0.39 is 23.5 Å². The maximum absolute atomic E-state index is 12.3. The summed E-state index contributed by atoms with van der Waals surface area (Å²) in [6.45, 7) is 3.68. The van der Waals surface area contributed by atoms with Crippen molar-refractivity contribution in [3.05, 3.63) is 33.2 Å². The van der Waals surface area contributed by atoms with Crippen LogP contribution in [0.1, 0.15) is 42.2 Å². The van der Waals surface area contributed by atoms with Crippen LogP contribution in [0.4, 0.5) is 0 Å². The van der Waals surface area contributed by atoms with Gasteiger partial charge in [-0.3, -0.25) is 14.0 Å². The quantitative estimate of drug-likeness (QED) is 0.837. The summed E-state index contributed by atoms with van der Waals surface area (Å²) >= 11 is 1.30. The molecule has 0 saturated carbocycles. The Bertz CT molecular complexity index is 765. The van der Waals surface area contributed by atoms with E-state index in [9.17, 15) is 14.4 Å². The number of unbranched alkanes of at least 4 members (excludes halogenated alkanes) is 1. The molecule has 0 saturated heterocycles. The van der Waals surface area contributed by atoms with E-state index in [1.54, 1.807) is 12.3 Å². The molecule has 0 aliphatic heterocycles. The summed E-state index contributed by atoms with van der Waals surface area (Å²) in [5.74, 6) is -1.82. The normalized spacial score (nSPS) is 12.3. The first kappa shape index (κ1) is 16.2. The summed E-state index contributed by atoms with van der Waals surface area (Å²) in [7, 11) is 0. The van der Waals surface area contributed by atoms with Crippen molar-refractivity contribution < 1.29 is 14.7 Å². The largest absolute Gasteiger partial charge is 0.480 e. The Labute approximate surface area is 130 Å². The zero-order valence-electron chi connectivity index (χ0n) is 12.3. The van der Waals surface area contributed by atoms with E-state index in [-0.39, 0.29) is 5.56 Å². The van der Waals surface area contributed by atoms with Crippen molar-refractivity contribution >= 4 is 28.2 Å². The van der Waals surface area contributed by atoms with Gasteiger partial charge in [-0.25, -0.2) is 9.78 Å². The van der Waals surface area contributed by atoms with Gasteiger partial charge in [0.25, 0.3) is 11.5 Å². The van der Waals surface area contributed by atoms with Crippen LogP contribution in [0.25, 0.3) is 4.96 Å². The van der Waals surface area contributed by atoms with Crippen molar-refractivity contribution in [1.29, 1.82) is 0 Å². The Morgan fingerprint density at radius 1 is 1.50 bits per heavy atom. The Balaban J connectivity index is 2.29. The fourth-order valence-electron chi connectivity index (χ4n) is 2.08. The van der Waals surface area contributed by atoms with Crippen LogP contribution in [-0.4, -0.2) is 32.4 Å². The van der Waals surface area contributed by atoms with Gasteiger partial charge in [0.1, 0.15) is 11.6 Å². The van der Waals surface area contributed by atoms with Gasteiger partial charge in [0.15, 0.2) is 4.96 Å². The summed E-state index contributed by atoms with van der Waals surface area (Å²) < 4.78 is 1.35. The molecule has 0 fully saturated rings. The molecule has 7 nitrogen and oxygen atoms in total. The van der Waals surface area contributed by atoms with Crippen LogP contribution in [0.3, 0.4) is 0 Å². The highest BCUT2D eigenvalue weighted by Crippen LogP contribution is 2.11. The molecule has 0 aromatic carbocycles. The smallest absolute Gasteiger partial charge is 0.326 e. The Hall–Kier alpha value is -2.22. The van der Waals surface area contributed by atoms with Crippen molar-refractivity contribution in [2.75, 3.05) is 0 Å². The third kappa shape index (κ3) is 3.16. The number of aryl methyl sites for hydroxylation is 1. The lowest BCUT2D eigenvalue weighted by Gasteiger charge is -2.13. The minimum atomic E-state index is -1.11. The number of rotatable bonds is 6. The summed E-state index contributed by atoms with van der Waals surface area (Å²) in [6.07, 6.45) is 3.02. The minimum Gasteiger partial charge on any atom is -0.480 e. The molecular formula is C14H17N3O4S. The van der Waals surface area contributed by atoms with Gasteiger partial charge >= 0.3 is 5.97 Å². The highest BCUT2D eigenvalue weighted by molar-refractivity contribution is 7.15. The molecule has 0 spiro atoms. The lowest BCUT2D eigenvalue weighted by atomic mass is 10.1. The van der Waals surface area contributed by atoms with E-state index in [4.69, 9.17) is 5.11 Å². The van der Waals surface area contributed by atoms with Crippen LogP contribution in [0.2, 0.25) is 0 Å². The number of nitrogens with one attached hydrogen (secondary N) is 1. The van der Waals surface area contributed by atoms with Gasteiger partial charge in [0, 0.05) is 17.3 Å². The molecule has 2 heterocycles. The number of carbonyl (C=O) groups is 2. The number of nitrogens with zero attached hydrogens (tertiary/aromatic N) is 2. The molecule has 2 rings (SSSR count). The number of fused-ring (bicyclic) bond motifs is 1. The molecule has 118 valence electrons. The molecule has 2 N–H and O–H groups in total. The van der Waals surface area contributed by atoms with Gasteiger partial charge in [-0.15, -0.1) is 11.3 Å². The average Bonchev–Trinajstić information content (AvgIpc) is 2.85. The fraction of sp³-hybridized carbons (Fsp3) is 0.429. The van der Waals surface area contributed by atoms with Crippen molar-refractivity contribution in [3.8, 4) is 0 Å². The summed E-state index contributed by atoms with van der Waals surface area (Å²) in [6, 6.07) is -1.00. The molecule has 2 aromatic rings. The number of carbonyl (C=O) groups excluding carboxylic acids is 1. The predicted molar refractivity (Wildman–Crippen MR) is 82.5 cm³/mol. The maximum Gasteiger partial charge on any atom is 0.326 e. The van der Waals surface area contributed by atoms with Gasteiger partial charge in [-0.2, -0.15) is 0 Å². The predicted octanol–water partition coefficient (Wildman–Crippen LogP) is 1.44. The van der Waals surface area contributed by atoms with Gasteiger partial charge in [-0.1, -0.05) is 19.8 Å². The highest BCUT2D eigenvalue weighted by Gasteiger charge is 2.22. The molecule has 1 atom stereocenters. The molecule has 22 heavy (non-hydrogen) atoms. The monoisotopic (exact) mass is 323 g/mol. The Kier molecular flexibility index (Phi) is 4.92. The zero-order valence-corrected chi connectivity index (χ0v) is 13.1. The fourth-order valence-corrected chi connectivity index (χ4v) is 2.91. The molecule has 1 amide bonds. The third-order valence-electron chi connectivity index (χ3n) is 3.31. The van der Waals surface area contributed by atoms with Crippen LogP contribution in [0.15, 0.2) is 16.4 Å². The summed E-state index contributed by atoms with van der Waals surface area (Å²) in [5, 5.41) is 13.3. The van der Waals surface area contributed by atoms with Gasteiger partial charge in [-0.05, 0) is 13.3 Å². The first-order valence-electron chi connectivity index (χ1n) is 6.95. The average molecular weight is 323 g/mol. The number of carboxylic acids is 1. The van der Waals surface area contributed by atoms with E-state index >= 15 is 0 Å². The molecule has 0 bridgehead atoms. The Morgan fingerprint density at radius 3 is 2.86 bits per heavy atom. The molecule has 0 aliphatic rings. The maximum atomic E-state index is 12.3. The van der Waals surface area contributed by atoms with Crippen molar-refractivity contribution in [2.24, 2.45) is 0 Å². The number of thiazole rings is 1. The molecular weight excluding hydrogens is 306 g/mol. The van der Waals surface area contributed by atoms with Crippen LogP contribution >= 0.6 is 11.3 Å². The number of carboxylic acid groups (broad SMARTS) is 1. The van der Waals surface area contributed by atoms with Crippen LogP contribution in [-0.2, 0) is 4.79 Å². The number of aliphatic carboxylic acids is 1. The second-order valence-corrected chi connectivity index (χ2v) is 5.82. The van der Waals surface area contributed by atoms with E-state index in [0.717, 1.165) is 6.42 Å². The second-order valence-electron chi connectivity index (χ2n) is 4.98. The van der Waals surface area contributed by atoms with Crippen molar-refractivity contribution in [1.82, 2.24) is 14.7 Å².